The van der Waals surface area contributed by atoms with E-state index in [1.54, 1.807) is 0 Å². The maximum absolute atomic E-state index is 15.1. The van der Waals surface area contributed by atoms with E-state index in [0.717, 1.165) is 24.4 Å². The largest absolute Gasteiger partial charge is 0.417 e. The van der Waals surface area contributed by atoms with Crippen LogP contribution in [0.3, 0.4) is 0 Å². The Morgan fingerprint density at radius 3 is 2.24 bits per heavy atom. The molecule has 0 aliphatic carbocycles. The van der Waals surface area contributed by atoms with Crippen LogP contribution in [-0.4, -0.2) is 29.9 Å². The van der Waals surface area contributed by atoms with Crippen LogP contribution in [0, 0.1) is 5.82 Å². The molecule has 0 fully saturated rings. The van der Waals surface area contributed by atoms with Crippen molar-refractivity contribution in [1.82, 2.24) is 9.97 Å². The second-order valence-corrected chi connectivity index (χ2v) is 9.35. The van der Waals surface area contributed by atoms with E-state index in [1.807, 2.05) is 0 Å². The van der Waals surface area contributed by atoms with Gasteiger partial charge in [-0.15, -0.1) is 0 Å². The van der Waals surface area contributed by atoms with Gasteiger partial charge in [0.05, 0.1) is 21.9 Å². The number of halogens is 6. The maximum Gasteiger partial charge on any atom is 0.417 e. The van der Waals surface area contributed by atoms with E-state index in [2.05, 4.69) is 15.0 Å². The van der Waals surface area contributed by atoms with E-state index >= 15 is 8.78 Å². The highest BCUT2D eigenvalue weighted by Crippen LogP contribution is 2.46. The standard InChI is InChI=1S/C21H13F6N3O2S/c1-2-33(31,32)16-7-12(11-3-5-14(22)6-4-11)9-28-17(16)19-20(23,24)18-15(30-19)8-13(10-29-18)21(25,26)27/h3-10H,2H2,1H3. The zero-order valence-corrected chi connectivity index (χ0v) is 17.5. The number of aliphatic imine (C=N–C) groups is 1. The van der Waals surface area contributed by atoms with Crippen molar-refractivity contribution in [3.63, 3.8) is 0 Å². The van der Waals surface area contributed by atoms with E-state index in [-0.39, 0.29) is 11.8 Å². The molecule has 0 saturated carbocycles. The second-order valence-electron chi connectivity index (χ2n) is 7.11. The average molecular weight is 485 g/mol. The molecule has 1 aliphatic rings. The smallest absolute Gasteiger partial charge is 0.253 e. The minimum atomic E-state index is -4.83. The molecular weight excluding hydrogens is 472 g/mol. The predicted molar refractivity (Wildman–Crippen MR) is 107 cm³/mol. The third-order valence-corrected chi connectivity index (χ3v) is 6.73. The van der Waals surface area contributed by atoms with Crippen LogP contribution in [0.4, 0.5) is 32.0 Å². The van der Waals surface area contributed by atoms with Gasteiger partial charge in [-0.3, -0.25) is 9.97 Å². The molecule has 1 aliphatic heterocycles. The van der Waals surface area contributed by atoms with Gasteiger partial charge in [-0.1, -0.05) is 19.1 Å². The molecule has 1 aromatic carbocycles. The number of hydrogen-bond acceptors (Lipinski definition) is 5. The summed E-state index contributed by atoms with van der Waals surface area (Å²) in [6, 6.07) is 6.50. The first-order valence-corrected chi connectivity index (χ1v) is 11.0. The van der Waals surface area contributed by atoms with Crippen LogP contribution in [0.15, 0.2) is 58.7 Å². The summed E-state index contributed by atoms with van der Waals surface area (Å²) in [5, 5.41) is 0. The Morgan fingerprint density at radius 2 is 1.64 bits per heavy atom. The van der Waals surface area contributed by atoms with Crippen molar-refractivity contribution in [3.8, 4) is 11.1 Å². The molecule has 0 amide bonds. The number of nitrogens with zero attached hydrogens (tertiary/aromatic N) is 3. The molecular formula is C21H13F6N3O2S. The lowest BCUT2D eigenvalue weighted by Crippen LogP contribution is -2.27. The lowest BCUT2D eigenvalue weighted by atomic mass is 10.0. The van der Waals surface area contributed by atoms with Crippen molar-refractivity contribution >= 4 is 21.2 Å². The topological polar surface area (TPSA) is 72.3 Å². The van der Waals surface area contributed by atoms with Gasteiger partial charge >= 0.3 is 12.1 Å². The Morgan fingerprint density at radius 1 is 0.970 bits per heavy atom. The van der Waals surface area contributed by atoms with Crippen LogP contribution in [0.2, 0.25) is 0 Å². The Bertz CT molecular complexity index is 1380. The first-order valence-electron chi connectivity index (χ1n) is 9.38. The van der Waals surface area contributed by atoms with Crippen LogP contribution in [0.25, 0.3) is 11.1 Å². The van der Waals surface area contributed by atoms with Crippen molar-refractivity contribution in [3.05, 3.63) is 71.6 Å². The fraction of sp³-hybridized carbons (Fsp3) is 0.190. The molecule has 5 nitrogen and oxygen atoms in total. The van der Waals surface area contributed by atoms with Gasteiger partial charge in [-0.25, -0.2) is 17.8 Å². The zero-order valence-electron chi connectivity index (χ0n) is 16.7. The lowest BCUT2D eigenvalue weighted by Gasteiger charge is -2.16. The highest BCUT2D eigenvalue weighted by molar-refractivity contribution is 7.91. The molecule has 0 saturated heterocycles. The highest BCUT2D eigenvalue weighted by Gasteiger charge is 2.50. The van der Waals surface area contributed by atoms with Gasteiger partial charge in [0.15, 0.2) is 9.84 Å². The minimum absolute atomic E-state index is 0.211. The summed E-state index contributed by atoms with van der Waals surface area (Å²) in [5.41, 5.74) is -4.27. The maximum atomic E-state index is 15.1. The van der Waals surface area contributed by atoms with Crippen molar-refractivity contribution in [2.24, 2.45) is 4.99 Å². The molecule has 33 heavy (non-hydrogen) atoms. The molecule has 0 spiro atoms. The van der Waals surface area contributed by atoms with E-state index in [1.165, 1.54) is 19.1 Å². The first kappa shape index (κ1) is 22.9. The summed E-state index contributed by atoms with van der Waals surface area (Å²) in [7, 11) is -4.13. The van der Waals surface area contributed by atoms with Gasteiger partial charge in [0.1, 0.15) is 22.9 Å². The Labute approximate surface area is 183 Å². The van der Waals surface area contributed by atoms with E-state index in [9.17, 15) is 26.0 Å². The van der Waals surface area contributed by atoms with Crippen molar-refractivity contribution < 1.29 is 34.8 Å². The summed E-state index contributed by atoms with van der Waals surface area (Å²) in [6.45, 7) is 1.30. The average Bonchev–Trinajstić information content (AvgIpc) is 3.03. The number of benzene rings is 1. The van der Waals surface area contributed by atoms with Gasteiger partial charge in [0.2, 0.25) is 0 Å². The Hall–Kier alpha value is -3.28. The normalized spacial score (nSPS) is 15.3. The second kappa shape index (κ2) is 7.65. The van der Waals surface area contributed by atoms with Crippen molar-refractivity contribution in [2.45, 2.75) is 23.9 Å². The summed E-state index contributed by atoms with van der Waals surface area (Å²) in [5.74, 6) is -4.98. The molecule has 0 N–H and O–H groups in total. The van der Waals surface area contributed by atoms with Gasteiger partial charge in [-0.2, -0.15) is 22.0 Å². The molecule has 3 aromatic rings. The third-order valence-electron chi connectivity index (χ3n) is 4.99. The molecule has 0 bridgehead atoms. The first-order chi connectivity index (χ1) is 15.3. The lowest BCUT2D eigenvalue weighted by molar-refractivity contribution is -0.137. The van der Waals surface area contributed by atoms with E-state index in [4.69, 9.17) is 0 Å². The van der Waals surface area contributed by atoms with E-state index in [0.29, 0.717) is 11.6 Å². The molecule has 0 unspecified atom stereocenters. The number of aromatic nitrogens is 2. The fourth-order valence-electron chi connectivity index (χ4n) is 3.25. The van der Waals surface area contributed by atoms with E-state index < -0.39 is 66.8 Å². The summed E-state index contributed by atoms with van der Waals surface area (Å²) in [6.07, 6.45) is -3.46. The molecule has 0 atom stereocenters. The van der Waals surface area contributed by atoms with Crippen LogP contribution < -0.4 is 0 Å². The molecule has 2 aromatic heterocycles. The third kappa shape index (κ3) is 3.99. The fourth-order valence-corrected chi connectivity index (χ4v) is 4.32. The zero-order chi connectivity index (χ0) is 24.2. The molecule has 4 rings (SSSR count). The molecule has 3 heterocycles. The van der Waals surface area contributed by atoms with Gasteiger partial charge in [0.25, 0.3) is 0 Å². The Kier molecular flexibility index (Phi) is 5.31. The number of sulfone groups is 1. The van der Waals surface area contributed by atoms with Gasteiger partial charge in [-0.05, 0) is 29.8 Å². The van der Waals surface area contributed by atoms with Crippen LogP contribution in [-0.2, 0) is 21.9 Å². The number of alkyl halides is 5. The SMILES string of the molecule is CCS(=O)(=O)c1cc(-c2ccc(F)cc2)cnc1C1=Nc2cc(C(F)(F)F)cnc2C1(F)F. The van der Waals surface area contributed by atoms with Crippen LogP contribution >= 0.6 is 0 Å². The van der Waals surface area contributed by atoms with Crippen molar-refractivity contribution in [1.29, 1.82) is 0 Å². The predicted octanol–water partition coefficient (Wildman–Crippen LogP) is 5.32. The Balaban J connectivity index is 1.91. The molecule has 172 valence electrons. The summed E-state index contributed by atoms with van der Waals surface area (Å²) in [4.78, 5) is 10.2. The minimum Gasteiger partial charge on any atom is -0.253 e. The monoisotopic (exact) mass is 485 g/mol. The summed E-state index contributed by atoms with van der Waals surface area (Å²) >= 11 is 0. The van der Waals surface area contributed by atoms with Gasteiger partial charge in [0, 0.05) is 18.0 Å². The number of pyridine rings is 2. The van der Waals surface area contributed by atoms with Crippen molar-refractivity contribution in [2.75, 3.05) is 5.75 Å². The summed E-state index contributed by atoms with van der Waals surface area (Å²) < 4.78 is 108. The van der Waals surface area contributed by atoms with Crippen LogP contribution in [0.1, 0.15) is 23.9 Å². The molecule has 12 heteroatoms. The number of rotatable bonds is 4. The molecule has 0 radical (unpaired) electrons. The number of hydrogen-bond donors (Lipinski definition) is 0. The van der Waals surface area contributed by atoms with Gasteiger partial charge < -0.3 is 0 Å². The quantitative estimate of drug-likeness (QED) is 0.469. The number of fused-ring (bicyclic) bond motifs is 1. The van der Waals surface area contributed by atoms with Crippen LogP contribution in [0.5, 0.6) is 0 Å². The highest BCUT2D eigenvalue weighted by atomic mass is 32.2.